The molecule has 5 nitrogen and oxygen atoms in total. The maximum atomic E-state index is 10.4. The van der Waals surface area contributed by atoms with Crippen molar-refractivity contribution in [1.29, 1.82) is 0 Å². The Labute approximate surface area is 114 Å². The lowest BCUT2D eigenvalue weighted by Crippen LogP contribution is -2.28. The number of β-amino-alcohol motifs (C(OH)–C–C–N with tert-alkyl or cyclic N) is 1. The van der Waals surface area contributed by atoms with Crippen LogP contribution in [-0.2, 0) is 5.60 Å². The number of hydrogen-bond acceptors (Lipinski definition) is 7. The van der Waals surface area contributed by atoms with Crippen LogP contribution in [0.25, 0.3) is 0 Å². The van der Waals surface area contributed by atoms with E-state index in [1.807, 2.05) is 23.5 Å². The van der Waals surface area contributed by atoms with Crippen molar-refractivity contribution in [1.82, 2.24) is 15.5 Å². The average molecular weight is 287 g/mol. The van der Waals surface area contributed by atoms with Crippen molar-refractivity contribution in [3.05, 3.63) is 11.7 Å². The van der Waals surface area contributed by atoms with Crippen LogP contribution in [-0.4, -0.2) is 45.1 Å². The summed E-state index contributed by atoms with van der Waals surface area (Å²) >= 11 is 3.82. The Morgan fingerprint density at radius 3 is 3.00 bits per heavy atom. The van der Waals surface area contributed by atoms with Crippen LogP contribution in [0.1, 0.15) is 30.3 Å². The van der Waals surface area contributed by atoms with Crippen LogP contribution < -0.4 is 5.32 Å². The third-order valence-corrected chi connectivity index (χ3v) is 6.50. The van der Waals surface area contributed by atoms with Gasteiger partial charge in [0.2, 0.25) is 0 Å². The summed E-state index contributed by atoms with van der Waals surface area (Å²) in [5.74, 6) is 3.40. The first kappa shape index (κ1) is 12.8. The topological polar surface area (TPSA) is 71.2 Å². The Morgan fingerprint density at radius 1 is 1.44 bits per heavy atom. The highest BCUT2D eigenvalue weighted by atomic mass is 32.2. The van der Waals surface area contributed by atoms with E-state index in [0.29, 0.717) is 24.1 Å². The predicted octanol–water partition coefficient (Wildman–Crippen LogP) is 1.16. The van der Waals surface area contributed by atoms with Crippen LogP contribution in [0.3, 0.4) is 0 Å². The molecule has 0 bridgehead atoms. The normalized spacial score (nSPS) is 37.0. The zero-order valence-electron chi connectivity index (χ0n) is 10.3. The average Bonchev–Trinajstić information content (AvgIpc) is 2.99. The minimum atomic E-state index is -0.971. The lowest BCUT2D eigenvalue weighted by atomic mass is 10.0. The molecule has 0 amide bonds. The molecule has 3 unspecified atom stereocenters. The van der Waals surface area contributed by atoms with Gasteiger partial charge in [0.05, 0.1) is 5.25 Å². The number of nitrogens with one attached hydrogen (secondary N) is 1. The molecule has 3 rings (SSSR count). The lowest BCUT2D eigenvalue weighted by Gasteiger charge is -2.25. The zero-order chi connectivity index (χ0) is 12.6. The van der Waals surface area contributed by atoms with E-state index in [2.05, 4.69) is 22.4 Å². The number of thioether (sulfide) groups is 2. The van der Waals surface area contributed by atoms with E-state index in [0.717, 1.165) is 18.1 Å². The molecule has 2 aliphatic rings. The van der Waals surface area contributed by atoms with E-state index in [4.69, 9.17) is 4.52 Å². The van der Waals surface area contributed by atoms with Gasteiger partial charge in [-0.05, 0) is 13.0 Å². The third-order valence-electron chi connectivity index (χ3n) is 3.41. The molecule has 100 valence electrons. The fourth-order valence-electron chi connectivity index (χ4n) is 2.32. The largest absolute Gasteiger partial charge is 0.379 e. The Hall–Kier alpha value is -0.240. The van der Waals surface area contributed by atoms with Gasteiger partial charge in [-0.3, -0.25) is 0 Å². The molecule has 1 aromatic heterocycles. The Balaban J connectivity index is 1.80. The van der Waals surface area contributed by atoms with Crippen LogP contribution in [0.2, 0.25) is 0 Å². The summed E-state index contributed by atoms with van der Waals surface area (Å²) in [6, 6.07) is 0. The molecule has 0 spiro atoms. The maximum Gasteiger partial charge on any atom is 0.260 e. The zero-order valence-corrected chi connectivity index (χ0v) is 11.9. The summed E-state index contributed by atoms with van der Waals surface area (Å²) in [6.45, 7) is 3.48. The van der Waals surface area contributed by atoms with E-state index in [1.54, 1.807) is 0 Å². The second-order valence-electron chi connectivity index (χ2n) is 4.78. The SMILES string of the molecule is CC1SCCSC1c1noc(C2(O)CCNC2)n1. The summed E-state index contributed by atoms with van der Waals surface area (Å²) < 4.78 is 5.28. The van der Waals surface area contributed by atoms with E-state index in [9.17, 15) is 5.11 Å². The molecule has 0 aromatic carbocycles. The highest BCUT2D eigenvalue weighted by Crippen LogP contribution is 2.41. The van der Waals surface area contributed by atoms with Gasteiger partial charge in [-0.25, -0.2) is 0 Å². The molecule has 2 N–H and O–H groups in total. The van der Waals surface area contributed by atoms with Crippen molar-refractivity contribution in [2.75, 3.05) is 24.6 Å². The molecule has 3 atom stereocenters. The first-order chi connectivity index (χ1) is 8.69. The van der Waals surface area contributed by atoms with Crippen LogP contribution in [0.4, 0.5) is 0 Å². The number of hydrogen-bond donors (Lipinski definition) is 2. The van der Waals surface area contributed by atoms with Gasteiger partial charge >= 0.3 is 0 Å². The van der Waals surface area contributed by atoms with E-state index >= 15 is 0 Å². The molecular formula is C11H17N3O2S2. The first-order valence-electron chi connectivity index (χ1n) is 6.19. The molecule has 0 aliphatic carbocycles. The van der Waals surface area contributed by atoms with E-state index in [1.165, 1.54) is 5.75 Å². The number of rotatable bonds is 2. The minimum Gasteiger partial charge on any atom is -0.379 e. The van der Waals surface area contributed by atoms with Gasteiger partial charge in [0.1, 0.15) is 0 Å². The first-order valence-corrected chi connectivity index (χ1v) is 8.29. The summed E-state index contributed by atoms with van der Waals surface area (Å²) in [5, 5.41) is 18.3. The monoisotopic (exact) mass is 287 g/mol. The van der Waals surface area contributed by atoms with Gasteiger partial charge in [0.15, 0.2) is 11.4 Å². The fraction of sp³-hybridized carbons (Fsp3) is 0.818. The summed E-state index contributed by atoms with van der Waals surface area (Å²) in [6.07, 6.45) is 0.636. The molecule has 3 heterocycles. The minimum absolute atomic E-state index is 0.277. The van der Waals surface area contributed by atoms with Crippen LogP contribution in [0, 0.1) is 0 Å². The molecule has 18 heavy (non-hydrogen) atoms. The Bertz CT molecular complexity index is 420. The van der Waals surface area contributed by atoms with E-state index in [-0.39, 0.29) is 5.25 Å². The number of aromatic nitrogens is 2. The molecule has 2 saturated heterocycles. The predicted molar refractivity (Wildman–Crippen MR) is 72.8 cm³/mol. The lowest BCUT2D eigenvalue weighted by molar-refractivity contribution is 0.0243. The molecule has 7 heteroatoms. The third kappa shape index (κ3) is 2.29. The summed E-state index contributed by atoms with van der Waals surface area (Å²) in [5.41, 5.74) is -0.971. The smallest absolute Gasteiger partial charge is 0.260 e. The highest BCUT2D eigenvalue weighted by Gasteiger charge is 2.40. The maximum absolute atomic E-state index is 10.4. The van der Waals surface area contributed by atoms with Gasteiger partial charge in [0, 0.05) is 23.3 Å². The highest BCUT2D eigenvalue weighted by molar-refractivity contribution is 8.06. The summed E-state index contributed by atoms with van der Waals surface area (Å²) in [7, 11) is 0. The second kappa shape index (κ2) is 5.03. The molecule has 2 fully saturated rings. The van der Waals surface area contributed by atoms with Gasteiger partial charge in [-0.15, -0.1) is 11.8 Å². The molecule has 2 aliphatic heterocycles. The second-order valence-corrected chi connectivity index (χ2v) is 7.52. The van der Waals surface area contributed by atoms with Crippen molar-refractivity contribution in [2.45, 2.75) is 29.4 Å². The number of aliphatic hydroxyl groups is 1. The summed E-state index contributed by atoms with van der Waals surface area (Å²) in [4.78, 5) is 4.44. The Morgan fingerprint density at radius 2 is 2.28 bits per heavy atom. The van der Waals surface area contributed by atoms with Gasteiger partial charge in [0.25, 0.3) is 5.89 Å². The number of nitrogens with zero attached hydrogens (tertiary/aromatic N) is 2. The molecular weight excluding hydrogens is 270 g/mol. The van der Waals surface area contributed by atoms with Gasteiger partial charge < -0.3 is 14.9 Å². The van der Waals surface area contributed by atoms with Crippen molar-refractivity contribution in [3.63, 3.8) is 0 Å². The van der Waals surface area contributed by atoms with Crippen LogP contribution >= 0.6 is 23.5 Å². The fourth-order valence-corrected chi connectivity index (χ4v) is 5.00. The van der Waals surface area contributed by atoms with Crippen molar-refractivity contribution < 1.29 is 9.63 Å². The van der Waals surface area contributed by atoms with Crippen molar-refractivity contribution in [3.8, 4) is 0 Å². The molecule has 0 radical (unpaired) electrons. The standard InChI is InChI=1S/C11H17N3O2S2/c1-7-8(18-5-4-17-7)9-13-10(16-14-9)11(15)2-3-12-6-11/h7-8,12,15H,2-6H2,1H3. The van der Waals surface area contributed by atoms with Crippen LogP contribution in [0.15, 0.2) is 4.52 Å². The quantitative estimate of drug-likeness (QED) is 0.845. The van der Waals surface area contributed by atoms with Gasteiger partial charge in [-0.1, -0.05) is 12.1 Å². The molecule has 1 aromatic rings. The molecule has 0 saturated carbocycles. The Kier molecular flexibility index (Phi) is 3.57. The van der Waals surface area contributed by atoms with Crippen LogP contribution in [0.5, 0.6) is 0 Å². The van der Waals surface area contributed by atoms with Gasteiger partial charge in [-0.2, -0.15) is 16.7 Å². The van der Waals surface area contributed by atoms with Crippen molar-refractivity contribution in [2.24, 2.45) is 0 Å². The van der Waals surface area contributed by atoms with Crippen molar-refractivity contribution >= 4 is 23.5 Å². The van der Waals surface area contributed by atoms with E-state index < -0.39 is 5.60 Å².